The first-order chi connectivity index (χ1) is 10.2. The van der Waals surface area contributed by atoms with Crippen LogP contribution in [0.5, 0.6) is 11.5 Å². The predicted octanol–water partition coefficient (Wildman–Crippen LogP) is 4.59. The van der Waals surface area contributed by atoms with Crippen molar-refractivity contribution in [2.24, 2.45) is 0 Å². The van der Waals surface area contributed by atoms with Crippen LogP contribution in [-0.4, -0.2) is 11.8 Å². The molecule has 0 bridgehead atoms. The Morgan fingerprint density at radius 2 is 1.81 bits per heavy atom. The normalized spacial score (nSPS) is 12.9. The summed E-state index contributed by atoms with van der Waals surface area (Å²) in [6.45, 7) is 2.33. The highest BCUT2D eigenvalue weighted by Crippen LogP contribution is 2.38. The molecule has 2 heterocycles. The highest BCUT2D eigenvalue weighted by Gasteiger charge is 2.16. The van der Waals surface area contributed by atoms with E-state index in [1.165, 1.54) is 0 Å². The number of pyridine rings is 1. The summed E-state index contributed by atoms with van der Waals surface area (Å²) in [7, 11) is 0. The van der Waals surface area contributed by atoms with Crippen LogP contribution in [0.25, 0.3) is 22.2 Å². The Hall–Kier alpha value is -2.26. The van der Waals surface area contributed by atoms with Crippen molar-refractivity contribution in [1.82, 2.24) is 4.98 Å². The van der Waals surface area contributed by atoms with E-state index in [9.17, 15) is 0 Å². The van der Waals surface area contributed by atoms with E-state index in [-0.39, 0.29) is 6.79 Å². The van der Waals surface area contributed by atoms with Gasteiger partial charge in [0, 0.05) is 22.0 Å². The molecule has 4 heteroatoms. The van der Waals surface area contributed by atoms with Crippen LogP contribution < -0.4 is 9.47 Å². The van der Waals surface area contributed by atoms with E-state index in [1.54, 1.807) is 0 Å². The molecule has 21 heavy (non-hydrogen) atoms. The largest absolute Gasteiger partial charge is 0.454 e. The van der Waals surface area contributed by atoms with E-state index in [4.69, 9.17) is 26.1 Å². The molecule has 1 aliphatic rings. The van der Waals surface area contributed by atoms with E-state index in [0.29, 0.717) is 5.02 Å². The zero-order valence-electron chi connectivity index (χ0n) is 11.4. The molecule has 0 saturated heterocycles. The van der Waals surface area contributed by atoms with Gasteiger partial charge in [-0.1, -0.05) is 29.8 Å². The number of aromatic nitrogens is 1. The van der Waals surface area contributed by atoms with Gasteiger partial charge >= 0.3 is 0 Å². The molecular formula is C17H12ClNO2. The molecule has 3 aromatic rings. The van der Waals surface area contributed by atoms with Gasteiger partial charge < -0.3 is 9.47 Å². The number of hydrogen-bond acceptors (Lipinski definition) is 3. The first-order valence-corrected chi connectivity index (χ1v) is 7.06. The van der Waals surface area contributed by atoms with Crippen LogP contribution in [0.4, 0.5) is 0 Å². The lowest BCUT2D eigenvalue weighted by Gasteiger charge is -2.09. The summed E-state index contributed by atoms with van der Waals surface area (Å²) in [4.78, 5) is 4.72. The summed E-state index contributed by atoms with van der Waals surface area (Å²) in [5, 5.41) is 1.76. The van der Waals surface area contributed by atoms with Crippen molar-refractivity contribution in [3.63, 3.8) is 0 Å². The molecule has 1 aromatic heterocycles. The van der Waals surface area contributed by atoms with Crippen LogP contribution in [0.3, 0.4) is 0 Å². The topological polar surface area (TPSA) is 31.4 Å². The summed E-state index contributed by atoms with van der Waals surface area (Å²) >= 11 is 6.27. The van der Waals surface area contributed by atoms with E-state index in [1.807, 2.05) is 42.5 Å². The molecule has 4 rings (SSSR count). The zero-order chi connectivity index (χ0) is 14.4. The third kappa shape index (κ3) is 2.01. The van der Waals surface area contributed by atoms with Crippen LogP contribution in [0, 0.1) is 6.92 Å². The summed E-state index contributed by atoms with van der Waals surface area (Å²) in [6, 6.07) is 13.7. The lowest BCUT2D eigenvalue weighted by atomic mass is 10.0. The molecule has 0 radical (unpaired) electrons. The molecule has 3 nitrogen and oxygen atoms in total. The number of ether oxygens (including phenoxy) is 2. The third-order valence-corrected chi connectivity index (χ3v) is 3.99. The van der Waals surface area contributed by atoms with Crippen molar-refractivity contribution in [3.8, 4) is 22.8 Å². The van der Waals surface area contributed by atoms with Crippen molar-refractivity contribution in [2.75, 3.05) is 6.79 Å². The summed E-state index contributed by atoms with van der Waals surface area (Å²) in [5.41, 5.74) is 3.81. The summed E-state index contributed by atoms with van der Waals surface area (Å²) < 4.78 is 10.9. The molecule has 2 aromatic carbocycles. The molecule has 104 valence electrons. The minimum absolute atomic E-state index is 0.266. The van der Waals surface area contributed by atoms with E-state index in [2.05, 4.69) is 6.92 Å². The van der Waals surface area contributed by atoms with Crippen LogP contribution in [0.2, 0.25) is 5.02 Å². The van der Waals surface area contributed by atoms with Gasteiger partial charge in [0.25, 0.3) is 0 Å². The maximum Gasteiger partial charge on any atom is 0.231 e. The summed E-state index contributed by atoms with van der Waals surface area (Å²) in [5.74, 6) is 1.52. The quantitative estimate of drug-likeness (QED) is 0.658. The molecule has 0 unspecified atom stereocenters. The summed E-state index contributed by atoms with van der Waals surface area (Å²) in [6.07, 6.45) is 0. The second-order valence-electron chi connectivity index (χ2n) is 5.03. The number of aryl methyl sites for hydroxylation is 1. The fourth-order valence-corrected chi connectivity index (χ4v) is 2.82. The van der Waals surface area contributed by atoms with Crippen molar-refractivity contribution in [2.45, 2.75) is 6.92 Å². The van der Waals surface area contributed by atoms with Gasteiger partial charge in [-0.2, -0.15) is 0 Å². The van der Waals surface area contributed by atoms with Gasteiger partial charge in [0.05, 0.1) is 11.2 Å². The first-order valence-electron chi connectivity index (χ1n) is 6.68. The Balaban J connectivity index is 1.97. The van der Waals surface area contributed by atoms with Gasteiger partial charge in [-0.15, -0.1) is 0 Å². The highest BCUT2D eigenvalue weighted by atomic mass is 35.5. The van der Waals surface area contributed by atoms with Crippen molar-refractivity contribution in [1.29, 1.82) is 0 Å². The Kier molecular flexibility index (Phi) is 2.76. The Bertz CT molecular complexity index is 861. The molecule has 0 N–H and O–H groups in total. The number of halogens is 1. The van der Waals surface area contributed by atoms with Gasteiger partial charge in [0.2, 0.25) is 6.79 Å². The number of benzene rings is 2. The van der Waals surface area contributed by atoms with Crippen molar-refractivity contribution < 1.29 is 9.47 Å². The molecule has 0 amide bonds. The second-order valence-corrected chi connectivity index (χ2v) is 5.43. The van der Waals surface area contributed by atoms with E-state index < -0.39 is 0 Å². The second kappa shape index (κ2) is 4.64. The van der Waals surface area contributed by atoms with Crippen molar-refractivity contribution >= 4 is 22.5 Å². The smallest absolute Gasteiger partial charge is 0.231 e. The maximum atomic E-state index is 6.27. The number of nitrogens with zero attached hydrogens (tertiary/aromatic N) is 1. The predicted molar refractivity (Wildman–Crippen MR) is 83.0 cm³/mol. The van der Waals surface area contributed by atoms with Crippen LogP contribution >= 0.6 is 11.6 Å². The fraction of sp³-hybridized carbons (Fsp3) is 0.118. The zero-order valence-corrected chi connectivity index (χ0v) is 12.1. The molecule has 0 saturated carbocycles. The van der Waals surface area contributed by atoms with Crippen LogP contribution in [-0.2, 0) is 0 Å². The number of hydrogen-bond donors (Lipinski definition) is 0. The minimum atomic E-state index is 0.266. The highest BCUT2D eigenvalue weighted by molar-refractivity contribution is 6.33. The standard InChI is InChI=1S/C17H12ClNO2/c1-10-6-14(11-4-2-3-5-13(11)18)19-15-8-17-16(7-12(10)15)20-9-21-17/h2-8H,9H2,1H3. The van der Waals surface area contributed by atoms with Gasteiger partial charge in [0.15, 0.2) is 11.5 Å². The minimum Gasteiger partial charge on any atom is -0.454 e. The van der Waals surface area contributed by atoms with Gasteiger partial charge in [-0.3, -0.25) is 0 Å². The number of rotatable bonds is 1. The van der Waals surface area contributed by atoms with Gasteiger partial charge in [-0.05, 0) is 30.7 Å². The first kappa shape index (κ1) is 12.5. The lowest BCUT2D eigenvalue weighted by Crippen LogP contribution is -1.92. The molecular weight excluding hydrogens is 286 g/mol. The van der Waals surface area contributed by atoms with Crippen LogP contribution in [0.15, 0.2) is 42.5 Å². The number of fused-ring (bicyclic) bond motifs is 2. The van der Waals surface area contributed by atoms with Crippen molar-refractivity contribution in [3.05, 3.63) is 53.1 Å². The Morgan fingerprint density at radius 3 is 2.62 bits per heavy atom. The average molecular weight is 298 g/mol. The Labute approximate surface area is 127 Å². The van der Waals surface area contributed by atoms with Gasteiger partial charge in [0.1, 0.15) is 0 Å². The fourth-order valence-electron chi connectivity index (χ4n) is 2.59. The van der Waals surface area contributed by atoms with Gasteiger partial charge in [-0.25, -0.2) is 4.98 Å². The molecule has 1 aliphatic heterocycles. The molecule has 0 atom stereocenters. The third-order valence-electron chi connectivity index (χ3n) is 3.66. The average Bonchev–Trinajstić information content (AvgIpc) is 2.93. The van der Waals surface area contributed by atoms with E-state index in [0.717, 1.165) is 39.2 Å². The monoisotopic (exact) mass is 297 g/mol. The molecule has 0 fully saturated rings. The van der Waals surface area contributed by atoms with Crippen LogP contribution in [0.1, 0.15) is 5.56 Å². The van der Waals surface area contributed by atoms with E-state index >= 15 is 0 Å². The molecule has 0 spiro atoms. The lowest BCUT2D eigenvalue weighted by molar-refractivity contribution is 0.174. The SMILES string of the molecule is Cc1cc(-c2ccccc2Cl)nc2cc3c(cc12)OCO3. The molecule has 0 aliphatic carbocycles. The Morgan fingerprint density at radius 1 is 1.05 bits per heavy atom. The maximum absolute atomic E-state index is 6.27.